The smallest absolute Gasteiger partial charge is 0.414 e. The predicted octanol–water partition coefficient (Wildman–Crippen LogP) is 4.17. The Hall–Kier alpha value is -2.91. The van der Waals surface area contributed by atoms with Crippen molar-refractivity contribution in [3.8, 4) is 5.75 Å². The standard InChI is InChI=1S/C23H30F2N2O6/c1-21(2,3)32-19(29)26-17(18(28)27-20(30)33-22(4,5)6)16-15-13(25)9-12(24)10-14(15)31-11-23(16)7-8-23/h9-10,16-17H,7-8,11H2,1-6H3,(H,26,29)(H,27,28,30)/t16?,17-/m0/s1. The van der Waals surface area contributed by atoms with Crippen molar-refractivity contribution in [3.05, 3.63) is 29.3 Å². The van der Waals surface area contributed by atoms with E-state index >= 15 is 0 Å². The molecular formula is C23H30F2N2O6. The van der Waals surface area contributed by atoms with Gasteiger partial charge in [0.05, 0.1) is 6.61 Å². The van der Waals surface area contributed by atoms with Crippen LogP contribution in [0.15, 0.2) is 12.1 Å². The second-order valence-electron chi connectivity index (χ2n) is 10.5. The number of rotatable bonds is 3. The highest BCUT2D eigenvalue weighted by atomic mass is 19.1. The number of halogens is 2. The largest absolute Gasteiger partial charge is 0.492 e. The van der Waals surface area contributed by atoms with Gasteiger partial charge in [0, 0.05) is 29.0 Å². The number of carbonyl (C=O) groups is 3. The van der Waals surface area contributed by atoms with Gasteiger partial charge in [0.15, 0.2) is 0 Å². The van der Waals surface area contributed by atoms with Crippen molar-refractivity contribution in [1.29, 1.82) is 0 Å². The highest BCUT2D eigenvalue weighted by Crippen LogP contribution is 2.61. The van der Waals surface area contributed by atoms with Crippen LogP contribution in [0, 0.1) is 17.0 Å². The minimum atomic E-state index is -1.41. The molecule has 2 aliphatic rings. The Morgan fingerprint density at radius 1 is 1.03 bits per heavy atom. The lowest BCUT2D eigenvalue weighted by atomic mass is 9.75. The first-order valence-corrected chi connectivity index (χ1v) is 10.8. The number of hydrogen-bond acceptors (Lipinski definition) is 6. The molecule has 1 aliphatic heterocycles. The first-order valence-electron chi connectivity index (χ1n) is 10.8. The van der Waals surface area contributed by atoms with E-state index in [4.69, 9.17) is 14.2 Å². The van der Waals surface area contributed by atoms with E-state index in [0.717, 1.165) is 6.07 Å². The summed E-state index contributed by atoms with van der Waals surface area (Å²) in [6.07, 6.45) is -0.737. The average Bonchev–Trinajstić information content (AvgIpc) is 3.37. The number of nitrogens with one attached hydrogen (secondary N) is 2. The van der Waals surface area contributed by atoms with E-state index in [9.17, 15) is 23.2 Å². The van der Waals surface area contributed by atoms with Gasteiger partial charge in [-0.15, -0.1) is 0 Å². The van der Waals surface area contributed by atoms with Crippen molar-refractivity contribution in [2.24, 2.45) is 5.41 Å². The minimum Gasteiger partial charge on any atom is -0.492 e. The third-order valence-corrected chi connectivity index (χ3v) is 5.35. The van der Waals surface area contributed by atoms with Crippen LogP contribution in [0.5, 0.6) is 5.75 Å². The van der Waals surface area contributed by atoms with Crippen LogP contribution in [0.1, 0.15) is 65.9 Å². The number of imide groups is 1. The van der Waals surface area contributed by atoms with Crippen LogP contribution in [0.2, 0.25) is 0 Å². The summed E-state index contributed by atoms with van der Waals surface area (Å²) in [7, 11) is 0. The molecule has 3 rings (SSSR count). The molecule has 2 N–H and O–H groups in total. The van der Waals surface area contributed by atoms with Crippen LogP contribution in [-0.2, 0) is 14.3 Å². The summed E-state index contributed by atoms with van der Waals surface area (Å²) in [4.78, 5) is 38.1. The molecule has 1 aliphatic carbocycles. The molecule has 3 amide bonds. The third-order valence-electron chi connectivity index (χ3n) is 5.35. The molecule has 0 saturated heterocycles. The second kappa shape index (κ2) is 8.46. The van der Waals surface area contributed by atoms with Crippen LogP contribution in [0.25, 0.3) is 0 Å². The molecule has 1 aromatic rings. The van der Waals surface area contributed by atoms with Crippen molar-refractivity contribution < 1.29 is 37.4 Å². The van der Waals surface area contributed by atoms with Gasteiger partial charge in [-0.3, -0.25) is 10.1 Å². The van der Waals surface area contributed by atoms with E-state index in [1.54, 1.807) is 41.5 Å². The topological polar surface area (TPSA) is 103 Å². The fraction of sp³-hybridized carbons (Fsp3) is 0.609. The molecule has 10 heteroatoms. The Morgan fingerprint density at radius 2 is 1.61 bits per heavy atom. The highest BCUT2D eigenvalue weighted by Gasteiger charge is 2.59. The molecule has 33 heavy (non-hydrogen) atoms. The maximum atomic E-state index is 15.0. The number of carbonyl (C=O) groups excluding carboxylic acids is 3. The third kappa shape index (κ3) is 5.91. The van der Waals surface area contributed by atoms with Gasteiger partial charge in [-0.1, -0.05) is 0 Å². The summed E-state index contributed by atoms with van der Waals surface area (Å²) in [5.41, 5.74) is -2.42. The number of benzene rings is 1. The molecule has 2 atom stereocenters. The molecule has 0 radical (unpaired) electrons. The molecule has 1 fully saturated rings. The fourth-order valence-electron chi connectivity index (χ4n) is 3.95. The normalized spacial score (nSPS) is 19.6. The second-order valence-corrected chi connectivity index (χ2v) is 10.5. The summed E-state index contributed by atoms with van der Waals surface area (Å²) < 4.78 is 44.9. The van der Waals surface area contributed by atoms with Gasteiger partial charge in [0.25, 0.3) is 5.91 Å². The molecule has 182 valence electrons. The van der Waals surface area contributed by atoms with Gasteiger partial charge >= 0.3 is 12.2 Å². The molecule has 1 heterocycles. The molecular weight excluding hydrogens is 438 g/mol. The first kappa shape index (κ1) is 24.7. The van der Waals surface area contributed by atoms with E-state index in [0.29, 0.717) is 18.9 Å². The lowest BCUT2D eigenvalue weighted by Crippen LogP contribution is -2.56. The number of fused-ring (bicyclic) bond motifs is 1. The average molecular weight is 468 g/mol. The lowest BCUT2D eigenvalue weighted by Gasteiger charge is -2.38. The zero-order valence-electron chi connectivity index (χ0n) is 19.6. The zero-order valence-corrected chi connectivity index (χ0v) is 19.6. The van der Waals surface area contributed by atoms with Gasteiger partial charge in [-0.2, -0.15) is 0 Å². The number of hydrogen-bond donors (Lipinski definition) is 2. The summed E-state index contributed by atoms with van der Waals surface area (Å²) in [6.45, 7) is 9.95. The first-order chi connectivity index (χ1) is 15.1. The van der Waals surface area contributed by atoms with Crippen molar-refractivity contribution in [2.75, 3.05) is 6.61 Å². The Balaban J connectivity index is 1.99. The minimum absolute atomic E-state index is 0.0273. The SMILES string of the molecule is CC(C)(C)OC(=O)NC(=O)[C@@H](NC(=O)OC(C)(C)C)C1c2c(F)cc(F)cc2OCC12CC2. The van der Waals surface area contributed by atoms with Crippen molar-refractivity contribution >= 4 is 18.1 Å². The molecule has 1 saturated carbocycles. The van der Waals surface area contributed by atoms with E-state index in [1.807, 2.05) is 0 Å². The quantitative estimate of drug-likeness (QED) is 0.690. The Labute approximate surface area is 191 Å². The van der Waals surface area contributed by atoms with Gasteiger partial charge < -0.3 is 19.5 Å². The Kier molecular flexibility index (Phi) is 6.34. The van der Waals surface area contributed by atoms with Crippen LogP contribution in [0.4, 0.5) is 18.4 Å². The monoisotopic (exact) mass is 468 g/mol. The summed E-state index contributed by atoms with van der Waals surface area (Å²) in [5.74, 6) is -3.59. The Morgan fingerprint density at radius 3 is 2.15 bits per heavy atom. The van der Waals surface area contributed by atoms with E-state index in [1.165, 1.54) is 0 Å². The van der Waals surface area contributed by atoms with Crippen LogP contribution in [0.3, 0.4) is 0 Å². The molecule has 1 aromatic carbocycles. The Bertz CT molecular complexity index is 963. The van der Waals surface area contributed by atoms with Crippen LogP contribution < -0.4 is 15.4 Å². The van der Waals surface area contributed by atoms with Gasteiger partial charge in [-0.05, 0) is 54.4 Å². The van der Waals surface area contributed by atoms with Gasteiger partial charge in [0.2, 0.25) is 0 Å². The van der Waals surface area contributed by atoms with Crippen molar-refractivity contribution in [3.63, 3.8) is 0 Å². The summed E-state index contributed by atoms with van der Waals surface area (Å²) in [5, 5.41) is 4.61. The number of amides is 3. The van der Waals surface area contributed by atoms with Crippen molar-refractivity contribution in [1.82, 2.24) is 10.6 Å². The molecule has 1 spiro atoms. The lowest BCUT2D eigenvalue weighted by molar-refractivity contribution is -0.124. The van der Waals surface area contributed by atoms with Crippen LogP contribution >= 0.6 is 0 Å². The van der Waals surface area contributed by atoms with E-state index in [-0.39, 0.29) is 17.9 Å². The zero-order chi connectivity index (χ0) is 24.8. The highest BCUT2D eigenvalue weighted by molar-refractivity contribution is 5.97. The van der Waals surface area contributed by atoms with Gasteiger partial charge in [-0.25, -0.2) is 18.4 Å². The van der Waals surface area contributed by atoms with Crippen molar-refractivity contribution in [2.45, 2.75) is 77.5 Å². The summed E-state index contributed by atoms with van der Waals surface area (Å²) in [6, 6.07) is 0.335. The fourth-order valence-corrected chi connectivity index (χ4v) is 3.95. The van der Waals surface area contributed by atoms with Crippen LogP contribution in [-0.4, -0.2) is 41.9 Å². The molecule has 0 bridgehead atoms. The summed E-state index contributed by atoms with van der Waals surface area (Å²) >= 11 is 0. The van der Waals surface area contributed by atoms with E-state index in [2.05, 4.69) is 10.6 Å². The number of alkyl carbamates (subject to hydrolysis) is 2. The van der Waals surface area contributed by atoms with Gasteiger partial charge in [0.1, 0.15) is 34.6 Å². The predicted molar refractivity (Wildman–Crippen MR) is 114 cm³/mol. The molecule has 1 unspecified atom stereocenters. The molecule has 0 aromatic heterocycles. The van der Waals surface area contributed by atoms with E-state index < -0.39 is 58.3 Å². The maximum absolute atomic E-state index is 15.0. The maximum Gasteiger partial charge on any atom is 0.414 e. The number of ether oxygens (including phenoxy) is 3. The molecule has 8 nitrogen and oxygen atoms in total.